The highest BCUT2D eigenvalue weighted by atomic mass is 16.4. The summed E-state index contributed by atoms with van der Waals surface area (Å²) in [6.07, 6.45) is 6.62. The van der Waals surface area contributed by atoms with Crippen molar-refractivity contribution in [2.75, 3.05) is 11.9 Å². The van der Waals surface area contributed by atoms with Gasteiger partial charge in [-0.25, -0.2) is 9.97 Å². The lowest BCUT2D eigenvalue weighted by Crippen LogP contribution is -2.17. The first-order chi connectivity index (χ1) is 8.68. The summed E-state index contributed by atoms with van der Waals surface area (Å²) in [5, 5.41) is 12.1. The average Bonchev–Trinajstić information content (AvgIpc) is 2.38. The molecule has 1 aliphatic carbocycles. The highest BCUT2D eigenvalue weighted by Gasteiger charge is 2.16. The highest BCUT2D eigenvalue weighted by molar-refractivity contribution is 5.69. The number of rotatable bonds is 5. The Morgan fingerprint density at radius 2 is 2.22 bits per heavy atom. The van der Waals surface area contributed by atoms with Crippen molar-refractivity contribution in [1.82, 2.24) is 9.97 Å². The van der Waals surface area contributed by atoms with Crippen LogP contribution in [0.4, 0.5) is 5.82 Å². The first-order valence-electron chi connectivity index (χ1n) is 6.48. The van der Waals surface area contributed by atoms with Gasteiger partial charge in [0.2, 0.25) is 0 Å². The van der Waals surface area contributed by atoms with Gasteiger partial charge in [-0.05, 0) is 32.1 Å². The molecule has 5 heteroatoms. The minimum Gasteiger partial charge on any atom is -0.481 e. The third-order valence-electron chi connectivity index (χ3n) is 3.42. The Bertz CT molecular complexity index is 434. The molecule has 1 heterocycles. The van der Waals surface area contributed by atoms with Gasteiger partial charge in [0.05, 0.1) is 5.92 Å². The van der Waals surface area contributed by atoms with Crippen molar-refractivity contribution >= 4 is 11.8 Å². The topological polar surface area (TPSA) is 75.1 Å². The molecular formula is C13H19N3O2. The first-order valence-corrected chi connectivity index (χ1v) is 6.48. The quantitative estimate of drug-likeness (QED) is 0.833. The van der Waals surface area contributed by atoms with Gasteiger partial charge in [-0.2, -0.15) is 0 Å². The summed E-state index contributed by atoms with van der Waals surface area (Å²) in [5.74, 6) is -0.186. The number of aryl methyl sites for hydroxylation is 1. The molecule has 1 aromatic heterocycles. The number of nitrogens with one attached hydrogen (secondary N) is 1. The fourth-order valence-electron chi connectivity index (χ4n) is 2.20. The molecular weight excluding hydrogens is 230 g/mol. The van der Waals surface area contributed by atoms with Crippen LogP contribution in [0.15, 0.2) is 6.33 Å². The maximum atomic E-state index is 10.7. The molecule has 0 aliphatic heterocycles. The monoisotopic (exact) mass is 249 g/mol. The fourth-order valence-corrected chi connectivity index (χ4v) is 2.20. The fraction of sp³-hybridized carbons (Fsp3) is 0.615. The number of aromatic nitrogens is 2. The van der Waals surface area contributed by atoms with Crippen molar-refractivity contribution in [2.45, 2.75) is 39.0 Å². The number of carbonyl (C=O) groups is 1. The van der Waals surface area contributed by atoms with E-state index in [1.54, 1.807) is 13.3 Å². The molecule has 0 amide bonds. The van der Waals surface area contributed by atoms with Crippen molar-refractivity contribution in [3.05, 3.63) is 17.6 Å². The van der Waals surface area contributed by atoms with Crippen molar-refractivity contribution in [1.29, 1.82) is 0 Å². The zero-order valence-electron chi connectivity index (χ0n) is 10.6. The normalized spacial score (nSPS) is 15.8. The number of carboxylic acids is 1. The predicted octanol–water partition coefficient (Wildman–Crippen LogP) is 1.88. The van der Waals surface area contributed by atoms with Crippen molar-refractivity contribution in [3.8, 4) is 0 Å². The molecule has 2 rings (SSSR count). The van der Waals surface area contributed by atoms with Gasteiger partial charge in [0.25, 0.3) is 0 Å². The Labute approximate surface area is 107 Å². The van der Waals surface area contributed by atoms with E-state index in [2.05, 4.69) is 15.3 Å². The molecule has 0 saturated heterocycles. The van der Waals surface area contributed by atoms with Crippen LogP contribution in [0.2, 0.25) is 0 Å². The van der Waals surface area contributed by atoms with Gasteiger partial charge in [0.1, 0.15) is 12.1 Å². The van der Waals surface area contributed by atoms with Crippen LogP contribution in [-0.4, -0.2) is 27.6 Å². The summed E-state index contributed by atoms with van der Waals surface area (Å²) in [5.41, 5.74) is 2.36. The lowest BCUT2D eigenvalue weighted by atomic mass is 9.96. The summed E-state index contributed by atoms with van der Waals surface area (Å²) in [6.45, 7) is 2.36. The molecule has 0 saturated carbocycles. The van der Waals surface area contributed by atoms with E-state index in [1.165, 1.54) is 18.4 Å². The molecule has 0 radical (unpaired) electrons. The molecule has 18 heavy (non-hydrogen) atoms. The summed E-state index contributed by atoms with van der Waals surface area (Å²) >= 11 is 0. The molecule has 1 aliphatic rings. The van der Waals surface area contributed by atoms with Crippen LogP contribution in [0, 0.1) is 5.92 Å². The molecule has 0 fully saturated rings. The minimum atomic E-state index is -0.749. The van der Waals surface area contributed by atoms with Crippen molar-refractivity contribution in [3.63, 3.8) is 0 Å². The molecule has 1 unspecified atom stereocenters. The predicted molar refractivity (Wildman–Crippen MR) is 68.6 cm³/mol. The van der Waals surface area contributed by atoms with Gasteiger partial charge in [-0.3, -0.25) is 4.79 Å². The first kappa shape index (κ1) is 12.8. The number of aliphatic carboxylic acids is 1. The van der Waals surface area contributed by atoms with Crippen LogP contribution < -0.4 is 5.32 Å². The van der Waals surface area contributed by atoms with Gasteiger partial charge >= 0.3 is 5.97 Å². The second kappa shape index (κ2) is 5.80. The lowest BCUT2D eigenvalue weighted by Gasteiger charge is -2.18. The van der Waals surface area contributed by atoms with Gasteiger partial charge < -0.3 is 10.4 Å². The number of fused-ring (bicyclic) bond motifs is 1. The SMILES string of the molecule is CC(CCNc1ncnc2c1CCCC2)C(=O)O. The standard InChI is InChI=1S/C13H19N3O2/c1-9(13(17)18)6-7-14-12-10-4-2-3-5-11(10)15-8-16-12/h8-9H,2-7H2,1H3,(H,17,18)(H,14,15,16). The van der Waals surface area contributed by atoms with Crippen LogP contribution in [0.5, 0.6) is 0 Å². The smallest absolute Gasteiger partial charge is 0.306 e. The summed E-state index contributed by atoms with van der Waals surface area (Å²) < 4.78 is 0. The molecule has 0 aromatic carbocycles. The number of hydrogen-bond donors (Lipinski definition) is 2. The lowest BCUT2D eigenvalue weighted by molar-refractivity contribution is -0.141. The van der Waals surface area contributed by atoms with E-state index >= 15 is 0 Å². The van der Waals surface area contributed by atoms with E-state index in [4.69, 9.17) is 5.11 Å². The highest BCUT2D eigenvalue weighted by Crippen LogP contribution is 2.24. The molecule has 1 atom stereocenters. The third-order valence-corrected chi connectivity index (χ3v) is 3.42. The molecule has 2 N–H and O–H groups in total. The van der Waals surface area contributed by atoms with Crippen molar-refractivity contribution < 1.29 is 9.90 Å². The van der Waals surface area contributed by atoms with Crippen molar-refractivity contribution in [2.24, 2.45) is 5.92 Å². The van der Waals surface area contributed by atoms with E-state index in [9.17, 15) is 4.79 Å². The Morgan fingerprint density at radius 3 is 3.00 bits per heavy atom. The van der Waals surface area contributed by atoms with Crippen LogP contribution in [0.1, 0.15) is 37.4 Å². The third kappa shape index (κ3) is 2.97. The van der Waals surface area contributed by atoms with E-state index in [0.717, 1.165) is 24.4 Å². The van der Waals surface area contributed by atoms with E-state index < -0.39 is 5.97 Å². The van der Waals surface area contributed by atoms with Gasteiger partial charge in [0.15, 0.2) is 0 Å². The summed E-state index contributed by atoms with van der Waals surface area (Å²) in [7, 11) is 0. The number of nitrogens with zero attached hydrogens (tertiary/aromatic N) is 2. The largest absolute Gasteiger partial charge is 0.481 e. The molecule has 0 bridgehead atoms. The van der Waals surface area contributed by atoms with Crippen LogP contribution in [0.25, 0.3) is 0 Å². The summed E-state index contributed by atoms with van der Waals surface area (Å²) in [6, 6.07) is 0. The van der Waals surface area contributed by atoms with Gasteiger partial charge in [-0.1, -0.05) is 6.92 Å². The average molecular weight is 249 g/mol. The molecule has 5 nitrogen and oxygen atoms in total. The van der Waals surface area contributed by atoms with Crippen LogP contribution >= 0.6 is 0 Å². The second-order valence-electron chi connectivity index (χ2n) is 4.81. The number of carboxylic acid groups (broad SMARTS) is 1. The van der Waals surface area contributed by atoms with Gasteiger partial charge in [-0.15, -0.1) is 0 Å². The van der Waals surface area contributed by atoms with Gasteiger partial charge in [0, 0.05) is 17.8 Å². The number of anilines is 1. The second-order valence-corrected chi connectivity index (χ2v) is 4.81. The molecule has 0 spiro atoms. The van der Waals surface area contributed by atoms with Crippen LogP contribution in [-0.2, 0) is 17.6 Å². The molecule has 1 aromatic rings. The van der Waals surface area contributed by atoms with E-state index in [-0.39, 0.29) is 5.92 Å². The maximum Gasteiger partial charge on any atom is 0.306 e. The zero-order chi connectivity index (χ0) is 13.0. The maximum absolute atomic E-state index is 10.7. The van der Waals surface area contributed by atoms with Crippen LogP contribution in [0.3, 0.4) is 0 Å². The Hall–Kier alpha value is -1.65. The van der Waals surface area contributed by atoms with E-state index in [1.807, 2.05) is 0 Å². The molecule has 98 valence electrons. The Kier molecular flexibility index (Phi) is 4.12. The van der Waals surface area contributed by atoms with E-state index in [0.29, 0.717) is 13.0 Å². The Balaban J connectivity index is 1.95. The zero-order valence-corrected chi connectivity index (χ0v) is 10.6. The Morgan fingerprint density at radius 1 is 1.44 bits per heavy atom. The number of hydrogen-bond acceptors (Lipinski definition) is 4. The minimum absolute atomic E-state index is 0.324. The summed E-state index contributed by atoms with van der Waals surface area (Å²) in [4.78, 5) is 19.3.